The van der Waals surface area contributed by atoms with E-state index >= 15 is 0 Å². The van der Waals surface area contributed by atoms with Crippen LogP contribution in [0.25, 0.3) is 0 Å². The molecule has 0 aromatic heterocycles. The van der Waals surface area contributed by atoms with Gasteiger partial charge in [-0.25, -0.2) is 0 Å². The standard InChI is InChI=1S/C18H16N2O2S/c19-11-13-5-1-3-7-16(13)22-12-18(21)20-15-9-10-23-17-8-4-2-6-14(15)17/h1-8,15H,9-10,12H2,(H,20,21). The SMILES string of the molecule is N#Cc1ccccc1OCC(=O)NC1CCSc2ccccc21. The predicted octanol–water partition coefficient (Wildman–Crippen LogP) is 3.29. The number of nitrogens with zero attached hydrogens (tertiary/aromatic N) is 1. The predicted molar refractivity (Wildman–Crippen MR) is 89.3 cm³/mol. The van der Waals surface area contributed by atoms with E-state index in [1.54, 1.807) is 24.3 Å². The Morgan fingerprint density at radius 1 is 1.26 bits per heavy atom. The highest BCUT2D eigenvalue weighted by Crippen LogP contribution is 2.35. The van der Waals surface area contributed by atoms with Crippen LogP contribution in [0.2, 0.25) is 0 Å². The third-order valence-electron chi connectivity index (χ3n) is 3.66. The summed E-state index contributed by atoms with van der Waals surface area (Å²) >= 11 is 1.82. The van der Waals surface area contributed by atoms with Gasteiger partial charge in [0.05, 0.1) is 11.6 Å². The molecule has 0 saturated heterocycles. The van der Waals surface area contributed by atoms with Crippen molar-refractivity contribution in [3.05, 3.63) is 59.7 Å². The lowest BCUT2D eigenvalue weighted by atomic mass is 10.0. The smallest absolute Gasteiger partial charge is 0.258 e. The zero-order valence-electron chi connectivity index (χ0n) is 12.5. The summed E-state index contributed by atoms with van der Waals surface area (Å²) in [4.78, 5) is 13.4. The van der Waals surface area contributed by atoms with Gasteiger partial charge in [0.15, 0.2) is 6.61 Å². The van der Waals surface area contributed by atoms with Gasteiger partial charge < -0.3 is 10.1 Å². The summed E-state index contributed by atoms with van der Waals surface area (Å²) in [5, 5.41) is 12.0. The number of thioether (sulfide) groups is 1. The molecule has 0 fully saturated rings. The molecule has 5 heteroatoms. The molecule has 0 spiro atoms. The number of nitriles is 1. The van der Waals surface area contributed by atoms with Crippen LogP contribution in [-0.2, 0) is 4.79 Å². The van der Waals surface area contributed by atoms with Gasteiger partial charge in [0.2, 0.25) is 0 Å². The molecule has 2 aromatic rings. The number of hydrogen-bond acceptors (Lipinski definition) is 4. The normalized spacial score (nSPS) is 16.0. The fourth-order valence-corrected chi connectivity index (χ4v) is 3.68. The number of nitrogens with one attached hydrogen (secondary N) is 1. The second-order valence-corrected chi connectivity index (χ2v) is 6.33. The fraction of sp³-hybridized carbons (Fsp3) is 0.222. The highest BCUT2D eigenvalue weighted by Gasteiger charge is 2.22. The van der Waals surface area contributed by atoms with Crippen molar-refractivity contribution in [1.82, 2.24) is 5.32 Å². The Balaban J connectivity index is 1.62. The van der Waals surface area contributed by atoms with E-state index in [0.717, 1.165) is 17.7 Å². The molecule has 1 unspecified atom stereocenters. The van der Waals surface area contributed by atoms with Crippen molar-refractivity contribution in [2.45, 2.75) is 17.4 Å². The molecule has 0 bridgehead atoms. The number of amides is 1. The number of carbonyl (C=O) groups excluding carboxylic acids is 1. The van der Waals surface area contributed by atoms with E-state index in [-0.39, 0.29) is 18.6 Å². The van der Waals surface area contributed by atoms with Gasteiger partial charge >= 0.3 is 0 Å². The average Bonchev–Trinajstić information content (AvgIpc) is 2.60. The third kappa shape index (κ3) is 3.66. The van der Waals surface area contributed by atoms with Crippen molar-refractivity contribution >= 4 is 17.7 Å². The van der Waals surface area contributed by atoms with Crippen molar-refractivity contribution in [2.24, 2.45) is 0 Å². The van der Waals surface area contributed by atoms with Crippen molar-refractivity contribution in [3.8, 4) is 11.8 Å². The van der Waals surface area contributed by atoms with Gasteiger partial charge in [-0.1, -0.05) is 30.3 Å². The summed E-state index contributed by atoms with van der Waals surface area (Å²) in [7, 11) is 0. The van der Waals surface area contributed by atoms with E-state index in [1.807, 2.05) is 23.9 Å². The molecule has 0 saturated carbocycles. The van der Waals surface area contributed by atoms with Crippen LogP contribution in [0.1, 0.15) is 23.6 Å². The Morgan fingerprint density at radius 3 is 2.91 bits per heavy atom. The van der Waals surface area contributed by atoms with Gasteiger partial charge in [0.25, 0.3) is 5.91 Å². The van der Waals surface area contributed by atoms with Crippen molar-refractivity contribution in [1.29, 1.82) is 5.26 Å². The number of benzene rings is 2. The molecule has 23 heavy (non-hydrogen) atoms. The van der Waals surface area contributed by atoms with Crippen molar-refractivity contribution in [3.63, 3.8) is 0 Å². The Morgan fingerprint density at radius 2 is 2.04 bits per heavy atom. The summed E-state index contributed by atoms with van der Waals surface area (Å²) in [6.45, 7) is -0.0928. The number of carbonyl (C=O) groups is 1. The van der Waals surface area contributed by atoms with Gasteiger partial charge in [-0.3, -0.25) is 4.79 Å². The van der Waals surface area contributed by atoms with E-state index in [0.29, 0.717) is 11.3 Å². The van der Waals surface area contributed by atoms with Crippen LogP contribution in [0.4, 0.5) is 0 Å². The van der Waals surface area contributed by atoms with Crippen molar-refractivity contribution in [2.75, 3.05) is 12.4 Å². The molecule has 0 radical (unpaired) electrons. The lowest BCUT2D eigenvalue weighted by molar-refractivity contribution is -0.123. The quantitative estimate of drug-likeness (QED) is 0.937. The zero-order valence-corrected chi connectivity index (χ0v) is 13.3. The molecule has 1 N–H and O–H groups in total. The number of para-hydroxylation sites is 1. The Hall–Kier alpha value is -2.45. The van der Waals surface area contributed by atoms with Gasteiger partial charge in [0.1, 0.15) is 11.8 Å². The minimum Gasteiger partial charge on any atom is -0.482 e. The Bertz CT molecular complexity index is 755. The highest BCUT2D eigenvalue weighted by atomic mass is 32.2. The molecule has 4 nitrogen and oxygen atoms in total. The first-order valence-corrected chi connectivity index (χ1v) is 8.39. The molecule has 3 rings (SSSR count). The minimum absolute atomic E-state index is 0.0229. The number of hydrogen-bond donors (Lipinski definition) is 1. The lowest BCUT2D eigenvalue weighted by Crippen LogP contribution is -2.34. The van der Waals surface area contributed by atoms with E-state index < -0.39 is 0 Å². The number of ether oxygens (including phenoxy) is 1. The lowest BCUT2D eigenvalue weighted by Gasteiger charge is -2.25. The molecule has 116 valence electrons. The Kier molecular flexibility index (Phi) is 4.84. The van der Waals surface area contributed by atoms with Crippen LogP contribution in [0.5, 0.6) is 5.75 Å². The maximum atomic E-state index is 12.2. The van der Waals surface area contributed by atoms with Crippen molar-refractivity contribution < 1.29 is 9.53 Å². The number of rotatable bonds is 4. The van der Waals surface area contributed by atoms with Crippen LogP contribution < -0.4 is 10.1 Å². The second-order valence-electron chi connectivity index (χ2n) is 5.19. The zero-order chi connectivity index (χ0) is 16.1. The summed E-state index contributed by atoms with van der Waals surface area (Å²) < 4.78 is 5.48. The van der Waals surface area contributed by atoms with Crippen LogP contribution in [-0.4, -0.2) is 18.3 Å². The molecule has 1 amide bonds. The first kappa shape index (κ1) is 15.4. The third-order valence-corrected chi connectivity index (χ3v) is 4.78. The second kappa shape index (κ2) is 7.21. The maximum Gasteiger partial charge on any atom is 0.258 e. The molecular weight excluding hydrogens is 308 g/mol. The molecule has 1 atom stereocenters. The largest absolute Gasteiger partial charge is 0.482 e. The average molecular weight is 324 g/mol. The summed E-state index contributed by atoms with van der Waals surface area (Å²) in [6, 6.07) is 17.1. The van der Waals surface area contributed by atoms with Gasteiger partial charge in [0, 0.05) is 10.6 Å². The molecule has 1 heterocycles. The summed E-state index contributed by atoms with van der Waals surface area (Å²) in [5.74, 6) is 1.24. The van der Waals surface area contributed by atoms with Crippen LogP contribution >= 0.6 is 11.8 Å². The van der Waals surface area contributed by atoms with Crippen LogP contribution in [0.15, 0.2) is 53.4 Å². The van der Waals surface area contributed by atoms with Gasteiger partial charge in [-0.05, 0) is 30.2 Å². The van der Waals surface area contributed by atoms with E-state index in [1.165, 1.54) is 4.90 Å². The molecule has 1 aliphatic heterocycles. The van der Waals surface area contributed by atoms with E-state index in [4.69, 9.17) is 10.00 Å². The van der Waals surface area contributed by atoms with Crippen LogP contribution in [0, 0.1) is 11.3 Å². The molecule has 2 aromatic carbocycles. The van der Waals surface area contributed by atoms with Gasteiger partial charge in [-0.15, -0.1) is 11.8 Å². The van der Waals surface area contributed by atoms with Gasteiger partial charge in [-0.2, -0.15) is 5.26 Å². The van der Waals surface area contributed by atoms with E-state index in [2.05, 4.69) is 23.5 Å². The summed E-state index contributed by atoms with van der Waals surface area (Å²) in [5.41, 5.74) is 1.59. The molecule has 0 aliphatic carbocycles. The van der Waals surface area contributed by atoms with E-state index in [9.17, 15) is 4.79 Å². The maximum absolute atomic E-state index is 12.2. The first-order chi connectivity index (χ1) is 11.3. The fourth-order valence-electron chi connectivity index (χ4n) is 2.56. The monoisotopic (exact) mass is 324 g/mol. The summed E-state index contributed by atoms with van der Waals surface area (Å²) in [6.07, 6.45) is 0.905. The first-order valence-electron chi connectivity index (χ1n) is 7.41. The molecular formula is C18H16N2O2S. The van der Waals surface area contributed by atoms with Crippen LogP contribution in [0.3, 0.4) is 0 Å². The minimum atomic E-state index is -0.176. The topological polar surface area (TPSA) is 62.1 Å². The Labute approximate surface area is 139 Å². The highest BCUT2D eigenvalue weighted by molar-refractivity contribution is 7.99. The number of fused-ring (bicyclic) bond motifs is 1. The molecule has 1 aliphatic rings.